The molecule has 0 unspecified atom stereocenters. The van der Waals surface area contributed by atoms with Crippen LogP contribution in [0.2, 0.25) is 0 Å². The van der Waals surface area contributed by atoms with Gasteiger partial charge >= 0.3 is 6.09 Å². The first-order valence-electron chi connectivity index (χ1n) is 4.89. The van der Waals surface area contributed by atoms with Crippen LogP contribution in [0.25, 0.3) is 0 Å². The van der Waals surface area contributed by atoms with Crippen molar-refractivity contribution in [2.24, 2.45) is 17.3 Å². The molecule has 1 rings (SSSR count). The van der Waals surface area contributed by atoms with Gasteiger partial charge in [-0.25, -0.2) is 10.6 Å². The second-order valence-corrected chi connectivity index (χ2v) is 3.75. The molecule has 0 aliphatic carbocycles. The molecule has 9 heteroatoms. The number of hydrazine groups is 1. The van der Waals surface area contributed by atoms with E-state index in [0.717, 1.165) is 5.56 Å². The molecule has 0 aliphatic heterocycles. The predicted molar refractivity (Wildman–Crippen MR) is 78.6 cm³/mol. The molecule has 0 saturated carbocycles. The lowest BCUT2D eigenvalue weighted by atomic mass is 10.2. The zero-order chi connectivity index (χ0) is 14.7. The monoisotopic (exact) mass is 302 g/mol. The normalized spacial score (nSPS) is 8.47. The third kappa shape index (κ3) is 10.9. The first kappa shape index (κ1) is 17.0. The lowest BCUT2D eigenvalue weighted by Crippen LogP contribution is -2.33. The number of carbonyl (C=O) groups is 1. The van der Waals surface area contributed by atoms with E-state index in [9.17, 15) is 4.79 Å². The van der Waals surface area contributed by atoms with Gasteiger partial charge in [-0.15, -0.1) is 0 Å². The second kappa shape index (κ2) is 10.00. The molecule has 7 nitrogen and oxygen atoms in total. The Kier molecular flexibility index (Phi) is 8.96. The van der Waals surface area contributed by atoms with E-state index in [4.69, 9.17) is 16.2 Å². The van der Waals surface area contributed by atoms with Crippen molar-refractivity contribution in [2.45, 2.75) is 6.61 Å². The van der Waals surface area contributed by atoms with Gasteiger partial charge in [-0.05, 0) is 30.0 Å². The summed E-state index contributed by atoms with van der Waals surface area (Å²) in [5, 5.41) is -0.262. The van der Waals surface area contributed by atoms with Crippen molar-refractivity contribution in [3.8, 4) is 0 Å². The minimum atomic E-state index is -0.863. The van der Waals surface area contributed by atoms with E-state index in [1.54, 1.807) is 5.43 Å². The van der Waals surface area contributed by atoms with Crippen LogP contribution in [0.4, 0.5) is 4.79 Å². The Morgan fingerprint density at radius 2 is 1.74 bits per heavy atom. The Morgan fingerprint density at radius 1 is 1.16 bits per heavy atom. The third-order valence-corrected chi connectivity index (χ3v) is 1.74. The summed E-state index contributed by atoms with van der Waals surface area (Å²) in [5.41, 5.74) is 12.6. The molecule has 1 aromatic carbocycles. The lowest BCUT2D eigenvalue weighted by Gasteiger charge is -2.01. The van der Waals surface area contributed by atoms with E-state index in [1.807, 2.05) is 30.3 Å². The SMILES string of the molecule is NC(=S)OCc1ccccc1.NNC(=O)OC(N)=S. The maximum absolute atomic E-state index is 10.00. The van der Waals surface area contributed by atoms with E-state index in [2.05, 4.69) is 35.0 Å². The van der Waals surface area contributed by atoms with Crippen LogP contribution in [0.15, 0.2) is 30.3 Å². The molecular weight excluding hydrogens is 288 g/mol. The topological polar surface area (TPSA) is 126 Å². The van der Waals surface area contributed by atoms with Gasteiger partial charge in [0, 0.05) is 0 Å². The van der Waals surface area contributed by atoms with E-state index < -0.39 is 6.09 Å². The van der Waals surface area contributed by atoms with Gasteiger partial charge in [-0.3, -0.25) is 5.43 Å². The fraction of sp³-hybridized carbons (Fsp3) is 0.100. The molecule has 0 radical (unpaired) electrons. The molecule has 0 fully saturated rings. The van der Waals surface area contributed by atoms with Gasteiger partial charge in [-0.1, -0.05) is 30.3 Å². The Balaban J connectivity index is 0.000000362. The second-order valence-electron chi connectivity index (χ2n) is 2.95. The van der Waals surface area contributed by atoms with E-state index in [0.29, 0.717) is 6.61 Å². The van der Waals surface area contributed by atoms with Gasteiger partial charge in [-0.2, -0.15) is 0 Å². The van der Waals surface area contributed by atoms with Crippen LogP contribution in [0, 0.1) is 0 Å². The highest BCUT2D eigenvalue weighted by Gasteiger charge is 1.97. The van der Waals surface area contributed by atoms with Crippen LogP contribution in [-0.2, 0) is 16.1 Å². The molecular formula is C10H14N4O3S2. The summed E-state index contributed by atoms with van der Waals surface area (Å²) in [6.07, 6.45) is -0.863. The molecule has 0 atom stereocenters. The molecule has 1 aromatic rings. The van der Waals surface area contributed by atoms with Crippen molar-refractivity contribution >= 4 is 40.9 Å². The molecule has 0 aromatic heterocycles. The Morgan fingerprint density at radius 3 is 2.11 bits per heavy atom. The molecule has 19 heavy (non-hydrogen) atoms. The quantitative estimate of drug-likeness (QED) is 0.265. The first-order chi connectivity index (χ1) is 8.95. The number of nitrogens with one attached hydrogen (secondary N) is 1. The summed E-state index contributed by atoms with van der Waals surface area (Å²) in [4.78, 5) is 10.00. The summed E-state index contributed by atoms with van der Waals surface area (Å²) in [6, 6.07) is 9.75. The average Bonchev–Trinajstić information content (AvgIpc) is 2.37. The Bertz CT molecular complexity index is 428. The van der Waals surface area contributed by atoms with Gasteiger partial charge in [0.1, 0.15) is 6.61 Å². The number of rotatable bonds is 2. The van der Waals surface area contributed by atoms with Gasteiger partial charge in [0.2, 0.25) is 0 Å². The third-order valence-electron chi connectivity index (χ3n) is 1.54. The highest BCUT2D eigenvalue weighted by molar-refractivity contribution is 7.80. The van der Waals surface area contributed by atoms with Crippen molar-refractivity contribution in [3.05, 3.63) is 35.9 Å². The van der Waals surface area contributed by atoms with E-state index in [1.165, 1.54) is 0 Å². The molecule has 7 N–H and O–H groups in total. The van der Waals surface area contributed by atoms with Gasteiger partial charge in [0.15, 0.2) is 0 Å². The molecule has 0 bridgehead atoms. The average molecular weight is 302 g/mol. The maximum atomic E-state index is 10.00. The minimum absolute atomic E-state index is 0.0915. The van der Waals surface area contributed by atoms with Crippen LogP contribution in [0.1, 0.15) is 5.56 Å². The summed E-state index contributed by atoms with van der Waals surface area (Å²) >= 11 is 8.73. The molecule has 0 heterocycles. The fourth-order valence-corrected chi connectivity index (χ4v) is 0.984. The van der Waals surface area contributed by atoms with Crippen LogP contribution >= 0.6 is 24.4 Å². The van der Waals surface area contributed by atoms with Gasteiger partial charge in [0.05, 0.1) is 0 Å². The smallest absolute Gasteiger partial charge is 0.428 e. The van der Waals surface area contributed by atoms with Crippen molar-refractivity contribution in [2.75, 3.05) is 0 Å². The van der Waals surface area contributed by atoms with Crippen LogP contribution in [0.5, 0.6) is 0 Å². The Hall–Kier alpha value is -1.97. The van der Waals surface area contributed by atoms with Crippen LogP contribution in [-0.4, -0.2) is 16.4 Å². The Labute approximate surface area is 121 Å². The fourth-order valence-electron chi connectivity index (χ4n) is 0.850. The number of thiocarbonyl (C=S) groups is 2. The zero-order valence-corrected chi connectivity index (χ0v) is 11.5. The summed E-state index contributed by atoms with van der Waals surface area (Å²) in [6.45, 7) is 0.455. The number of carbonyl (C=O) groups excluding carboxylic acids is 1. The molecule has 0 saturated heterocycles. The zero-order valence-electron chi connectivity index (χ0n) is 9.87. The highest BCUT2D eigenvalue weighted by atomic mass is 32.1. The lowest BCUT2D eigenvalue weighted by molar-refractivity contribution is 0.198. The number of hydrogen-bond donors (Lipinski definition) is 4. The predicted octanol–water partition coefficient (Wildman–Crippen LogP) is 0.277. The highest BCUT2D eigenvalue weighted by Crippen LogP contribution is 1.99. The summed E-state index contributed by atoms with van der Waals surface area (Å²) < 4.78 is 8.97. The van der Waals surface area contributed by atoms with E-state index in [-0.39, 0.29) is 10.3 Å². The van der Waals surface area contributed by atoms with Gasteiger partial charge < -0.3 is 20.9 Å². The first-order valence-corrected chi connectivity index (χ1v) is 5.71. The molecule has 0 aliphatic rings. The van der Waals surface area contributed by atoms with Crippen molar-refractivity contribution in [3.63, 3.8) is 0 Å². The standard InChI is InChI=1S/C8H9NOS.C2H5N3O2S/c9-8(11)10-6-7-4-2-1-3-5-7;3-1(8)7-2(6)5-4/h1-5H,6H2,(H2,9,11);4H2,(H2,3,8)(H,5,6). The number of ether oxygens (including phenoxy) is 2. The van der Waals surface area contributed by atoms with E-state index >= 15 is 0 Å². The molecule has 0 spiro atoms. The summed E-state index contributed by atoms with van der Waals surface area (Å²) in [7, 11) is 0. The maximum Gasteiger partial charge on any atom is 0.428 e. The molecule has 104 valence electrons. The van der Waals surface area contributed by atoms with Crippen LogP contribution < -0.4 is 22.7 Å². The molecule has 1 amide bonds. The van der Waals surface area contributed by atoms with Crippen LogP contribution in [0.3, 0.4) is 0 Å². The van der Waals surface area contributed by atoms with Crippen molar-refractivity contribution in [1.29, 1.82) is 0 Å². The van der Waals surface area contributed by atoms with Gasteiger partial charge in [0.25, 0.3) is 10.3 Å². The largest absolute Gasteiger partial charge is 0.466 e. The van der Waals surface area contributed by atoms with Crippen molar-refractivity contribution < 1.29 is 14.3 Å². The summed E-state index contributed by atoms with van der Waals surface area (Å²) in [5.74, 6) is 4.58. The number of amides is 1. The van der Waals surface area contributed by atoms with Crippen molar-refractivity contribution in [1.82, 2.24) is 5.43 Å². The minimum Gasteiger partial charge on any atom is -0.466 e. The number of benzene rings is 1. The number of hydrogen-bond acceptors (Lipinski definition) is 6. The number of nitrogens with two attached hydrogens (primary N) is 3.